The van der Waals surface area contributed by atoms with Gasteiger partial charge in [-0.3, -0.25) is 10.1 Å². The van der Waals surface area contributed by atoms with Gasteiger partial charge in [0, 0.05) is 12.0 Å². The molecule has 2 fully saturated rings. The Morgan fingerprint density at radius 3 is 2.71 bits per heavy atom. The monoisotopic (exact) mass is 333 g/mol. The summed E-state index contributed by atoms with van der Waals surface area (Å²) >= 11 is 0. The fourth-order valence-electron chi connectivity index (χ4n) is 4.43. The van der Waals surface area contributed by atoms with E-state index in [1.165, 1.54) is 19.2 Å². The van der Waals surface area contributed by atoms with Crippen molar-refractivity contribution in [3.8, 4) is 0 Å². The lowest BCUT2D eigenvalue weighted by Crippen LogP contribution is -2.54. The lowest BCUT2D eigenvalue weighted by molar-refractivity contribution is -0.148. The van der Waals surface area contributed by atoms with Gasteiger partial charge in [-0.05, 0) is 49.3 Å². The Bertz CT molecular complexity index is 612. The number of halogens is 1. The molecule has 2 saturated carbocycles. The first-order chi connectivity index (χ1) is 11.6. The van der Waals surface area contributed by atoms with Crippen LogP contribution in [-0.2, 0) is 14.3 Å². The molecule has 1 unspecified atom stereocenters. The van der Waals surface area contributed by atoms with Gasteiger partial charge in [-0.25, -0.2) is 4.39 Å². The Labute approximate surface area is 141 Å². The third-order valence-electron chi connectivity index (χ3n) is 5.58. The number of ether oxygens (including phenoxy) is 1. The molecular weight excluding hydrogens is 309 g/mol. The van der Waals surface area contributed by atoms with Gasteiger partial charge in [0.25, 0.3) is 0 Å². The molecule has 0 amide bonds. The molecule has 24 heavy (non-hydrogen) atoms. The standard InChI is InChI=1S/C19H24FNO3/c1-24-18(23)19(7-2-3-8-19)21-16-10-14(12-22)17(11-16)13-5-4-6-15(20)9-13/h4-6,9,12,14,16-17,21H,2-3,7-8,10-11H2,1H3/t14-,16?,17-/m1/s1. The van der Waals surface area contributed by atoms with Crippen LogP contribution in [0.25, 0.3) is 0 Å². The van der Waals surface area contributed by atoms with Gasteiger partial charge in [0.05, 0.1) is 7.11 Å². The molecule has 4 nitrogen and oxygen atoms in total. The summed E-state index contributed by atoms with van der Waals surface area (Å²) in [4.78, 5) is 23.8. The summed E-state index contributed by atoms with van der Waals surface area (Å²) in [6.45, 7) is 0. The molecule has 2 aliphatic carbocycles. The van der Waals surface area contributed by atoms with Gasteiger partial charge in [-0.1, -0.05) is 25.0 Å². The van der Waals surface area contributed by atoms with E-state index in [2.05, 4.69) is 5.32 Å². The molecule has 130 valence electrons. The zero-order chi connectivity index (χ0) is 17.2. The van der Waals surface area contributed by atoms with E-state index < -0.39 is 5.54 Å². The predicted molar refractivity (Wildman–Crippen MR) is 88.1 cm³/mol. The first-order valence-electron chi connectivity index (χ1n) is 8.65. The molecule has 0 saturated heterocycles. The van der Waals surface area contributed by atoms with Crippen molar-refractivity contribution in [1.29, 1.82) is 0 Å². The van der Waals surface area contributed by atoms with Crippen LogP contribution >= 0.6 is 0 Å². The van der Waals surface area contributed by atoms with E-state index in [9.17, 15) is 14.0 Å². The summed E-state index contributed by atoms with van der Waals surface area (Å²) in [6.07, 6.45) is 5.91. The number of carbonyl (C=O) groups is 2. The molecule has 1 aromatic carbocycles. The van der Waals surface area contributed by atoms with Crippen LogP contribution in [0.5, 0.6) is 0 Å². The van der Waals surface area contributed by atoms with E-state index in [-0.39, 0.29) is 29.7 Å². The van der Waals surface area contributed by atoms with Crippen molar-refractivity contribution < 1.29 is 18.7 Å². The first-order valence-corrected chi connectivity index (χ1v) is 8.65. The molecule has 0 aliphatic heterocycles. The van der Waals surface area contributed by atoms with Gasteiger partial charge in [-0.15, -0.1) is 0 Å². The molecule has 0 radical (unpaired) electrons. The van der Waals surface area contributed by atoms with Crippen molar-refractivity contribution in [2.45, 2.75) is 56.0 Å². The average molecular weight is 333 g/mol. The second-order valence-electron chi connectivity index (χ2n) is 7.05. The molecule has 3 rings (SSSR count). The normalized spacial score (nSPS) is 28.7. The van der Waals surface area contributed by atoms with E-state index in [0.29, 0.717) is 6.42 Å². The lowest BCUT2D eigenvalue weighted by Gasteiger charge is -2.31. The van der Waals surface area contributed by atoms with Crippen molar-refractivity contribution in [3.63, 3.8) is 0 Å². The Morgan fingerprint density at radius 1 is 1.33 bits per heavy atom. The maximum Gasteiger partial charge on any atom is 0.326 e. The van der Waals surface area contributed by atoms with Crippen LogP contribution in [-0.4, -0.2) is 30.9 Å². The first kappa shape index (κ1) is 17.1. The Hall–Kier alpha value is -1.75. The van der Waals surface area contributed by atoms with E-state index >= 15 is 0 Å². The summed E-state index contributed by atoms with van der Waals surface area (Å²) in [5.41, 5.74) is 0.235. The number of esters is 1. The number of methoxy groups -OCH3 is 1. The molecule has 2 aliphatic rings. The minimum atomic E-state index is -0.621. The third kappa shape index (κ3) is 3.22. The smallest absolute Gasteiger partial charge is 0.326 e. The summed E-state index contributed by atoms with van der Waals surface area (Å²) in [7, 11) is 1.42. The predicted octanol–water partition coefficient (Wildman–Crippen LogP) is 2.96. The average Bonchev–Trinajstić information content (AvgIpc) is 3.22. The molecule has 5 heteroatoms. The highest BCUT2D eigenvalue weighted by Gasteiger charge is 2.46. The van der Waals surface area contributed by atoms with Gasteiger partial charge >= 0.3 is 5.97 Å². The highest BCUT2D eigenvalue weighted by atomic mass is 19.1. The number of rotatable bonds is 5. The number of hydrogen-bond acceptors (Lipinski definition) is 4. The van der Waals surface area contributed by atoms with Crippen LogP contribution in [0.15, 0.2) is 24.3 Å². The van der Waals surface area contributed by atoms with Crippen LogP contribution in [0.4, 0.5) is 4.39 Å². The molecular formula is C19H24FNO3. The number of hydrogen-bond donors (Lipinski definition) is 1. The summed E-state index contributed by atoms with van der Waals surface area (Å²) < 4.78 is 18.5. The topological polar surface area (TPSA) is 55.4 Å². The second kappa shape index (κ2) is 7.01. The molecule has 1 N–H and O–H groups in total. The van der Waals surface area contributed by atoms with Crippen LogP contribution < -0.4 is 5.32 Å². The van der Waals surface area contributed by atoms with Gasteiger partial charge < -0.3 is 9.53 Å². The van der Waals surface area contributed by atoms with Crippen LogP contribution in [0.1, 0.15) is 50.0 Å². The van der Waals surface area contributed by atoms with Crippen molar-refractivity contribution >= 4 is 12.3 Å². The Balaban J connectivity index is 1.76. The highest BCUT2D eigenvalue weighted by molar-refractivity contribution is 5.81. The highest BCUT2D eigenvalue weighted by Crippen LogP contribution is 2.41. The fraction of sp³-hybridized carbons (Fsp3) is 0.579. The molecule has 0 spiro atoms. The van der Waals surface area contributed by atoms with Crippen LogP contribution in [0, 0.1) is 11.7 Å². The van der Waals surface area contributed by atoms with E-state index in [1.807, 2.05) is 6.07 Å². The maximum atomic E-state index is 13.5. The van der Waals surface area contributed by atoms with E-state index in [1.54, 1.807) is 6.07 Å². The van der Waals surface area contributed by atoms with Crippen molar-refractivity contribution in [2.24, 2.45) is 5.92 Å². The van der Waals surface area contributed by atoms with Crippen LogP contribution in [0.3, 0.4) is 0 Å². The van der Waals surface area contributed by atoms with Gasteiger partial charge in [0.15, 0.2) is 0 Å². The Morgan fingerprint density at radius 2 is 2.08 bits per heavy atom. The van der Waals surface area contributed by atoms with Crippen LogP contribution in [0.2, 0.25) is 0 Å². The molecule has 0 heterocycles. The fourth-order valence-corrected chi connectivity index (χ4v) is 4.43. The van der Waals surface area contributed by atoms with Gasteiger partial charge in [-0.2, -0.15) is 0 Å². The summed E-state index contributed by atoms with van der Waals surface area (Å²) in [5.74, 6) is -0.653. The number of carbonyl (C=O) groups excluding carboxylic acids is 2. The number of benzene rings is 1. The van der Waals surface area contributed by atoms with Crippen molar-refractivity contribution in [1.82, 2.24) is 5.32 Å². The Kier molecular flexibility index (Phi) is 4.99. The van der Waals surface area contributed by atoms with Gasteiger partial charge in [0.1, 0.15) is 17.6 Å². The summed E-state index contributed by atoms with van der Waals surface area (Å²) in [6, 6.07) is 6.54. The van der Waals surface area contributed by atoms with E-state index in [0.717, 1.165) is 44.0 Å². The van der Waals surface area contributed by atoms with Crippen molar-refractivity contribution in [2.75, 3.05) is 7.11 Å². The minimum Gasteiger partial charge on any atom is -0.468 e. The zero-order valence-corrected chi connectivity index (χ0v) is 14.0. The number of aldehydes is 1. The second-order valence-corrected chi connectivity index (χ2v) is 7.05. The minimum absolute atomic E-state index is 0.00759. The summed E-state index contributed by atoms with van der Waals surface area (Å²) in [5, 5.41) is 3.49. The molecule has 3 atom stereocenters. The third-order valence-corrected chi connectivity index (χ3v) is 5.58. The SMILES string of the molecule is COC(=O)C1(NC2C[C@H](c3cccc(F)c3)[C@@H](C=O)C2)CCCC1. The maximum absolute atomic E-state index is 13.5. The zero-order valence-electron chi connectivity index (χ0n) is 14.0. The van der Waals surface area contributed by atoms with E-state index in [4.69, 9.17) is 4.74 Å². The molecule has 1 aromatic rings. The van der Waals surface area contributed by atoms with Gasteiger partial charge in [0.2, 0.25) is 0 Å². The quantitative estimate of drug-likeness (QED) is 0.665. The molecule has 0 aromatic heterocycles. The number of nitrogens with one attached hydrogen (secondary N) is 1. The lowest BCUT2D eigenvalue weighted by atomic mass is 9.90. The van der Waals surface area contributed by atoms with Crippen molar-refractivity contribution in [3.05, 3.63) is 35.6 Å². The largest absolute Gasteiger partial charge is 0.468 e. The molecule has 0 bridgehead atoms.